The number of halogens is 3. The largest absolute Gasteiger partial charge is 0.490 e. The summed E-state index contributed by atoms with van der Waals surface area (Å²) in [5.74, 6) is -0.739. The molecule has 2 rings (SSSR count). The zero-order chi connectivity index (χ0) is 14.8. The van der Waals surface area contributed by atoms with Crippen LogP contribution in [0.15, 0.2) is 24.3 Å². The van der Waals surface area contributed by atoms with Gasteiger partial charge in [-0.05, 0) is 49.9 Å². The van der Waals surface area contributed by atoms with E-state index in [0.717, 1.165) is 12.1 Å². The standard InChI is InChI=1S/C14H15F3O3/c15-14(16,17)10-3-7-12(8-4-10)20-11-5-1-9(2-6-11)13(18)19/h3-4,7-9,11H,1-2,5-6H2,(H,18,19). The number of ether oxygens (including phenoxy) is 1. The minimum atomic E-state index is -4.35. The second-order valence-corrected chi connectivity index (χ2v) is 4.95. The van der Waals surface area contributed by atoms with E-state index in [4.69, 9.17) is 9.84 Å². The average Bonchev–Trinajstić information content (AvgIpc) is 2.39. The molecule has 0 spiro atoms. The fraction of sp³-hybridized carbons (Fsp3) is 0.500. The molecule has 1 N–H and O–H groups in total. The molecule has 1 aliphatic rings. The molecule has 110 valence electrons. The second-order valence-electron chi connectivity index (χ2n) is 4.95. The first-order valence-corrected chi connectivity index (χ1v) is 6.43. The van der Waals surface area contributed by atoms with E-state index < -0.39 is 17.7 Å². The molecule has 1 aromatic carbocycles. The number of hydrogen-bond acceptors (Lipinski definition) is 2. The van der Waals surface area contributed by atoms with Gasteiger partial charge >= 0.3 is 12.1 Å². The minimum Gasteiger partial charge on any atom is -0.490 e. The lowest BCUT2D eigenvalue weighted by Gasteiger charge is -2.26. The third-order valence-corrected chi connectivity index (χ3v) is 3.51. The van der Waals surface area contributed by atoms with E-state index in [1.165, 1.54) is 12.1 Å². The lowest BCUT2D eigenvalue weighted by atomic mass is 9.87. The lowest BCUT2D eigenvalue weighted by molar-refractivity contribution is -0.143. The zero-order valence-electron chi connectivity index (χ0n) is 10.7. The van der Waals surface area contributed by atoms with Gasteiger partial charge in [0.25, 0.3) is 0 Å². The smallest absolute Gasteiger partial charge is 0.416 e. The van der Waals surface area contributed by atoms with Crippen LogP contribution < -0.4 is 4.74 Å². The van der Waals surface area contributed by atoms with Crippen molar-refractivity contribution >= 4 is 5.97 Å². The highest BCUT2D eigenvalue weighted by atomic mass is 19.4. The monoisotopic (exact) mass is 288 g/mol. The number of carboxylic acid groups (broad SMARTS) is 1. The summed E-state index contributed by atoms with van der Waals surface area (Å²) in [6.07, 6.45) is -2.17. The van der Waals surface area contributed by atoms with Crippen molar-refractivity contribution in [3.8, 4) is 5.75 Å². The predicted octanol–water partition coefficient (Wildman–Crippen LogP) is 3.73. The van der Waals surface area contributed by atoms with Crippen LogP contribution >= 0.6 is 0 Å². The van der Waals surface area contributed by atoms with Gasteiger partial charge in [-0.15, -0.1) is 0 Å². The van der Waals surface area contributed by atoms with Crippen molar-refractivity contribution in [3.05, 3.63) is 29.8 Å². The molecular weight excluding hydrogens is 273 g/mol. The molecule has 20 heavy (non-hydrogen) atoms. The molecule has 0 amide bonds. The Labute approximate surface area is 114 Å². The van der Waals surface area contributed by atoms with E-state index in [1.54, 1.807) is 0 Å². The van der Waals surface area contributed by atoms with Crippen LogP contribution in [0.2, 0.25) is 0 Å². The summed E-state index contributed by atoms with van der Waals surface area (Å²) < 4.78 is 42.8. The van der Waals surface area contributed by atoms with Gasteiger partial charge in [0.15, 0.2) is 0 Å². The van der Waals surface area contributed by atoms with Crippen LogP contribution in [0.3, 0.4) is 0 Å². The van der Waals surface area contributed by atoms with E-state index >= 15 is 0 Å². The maximum atomic E-state index is 12.4. The highest BCUT2D eigenvalue weighted by Gasteiger charge is 2.30. The van der Waals surface area contributed by atoms with Crippen LogP contribution in [-0.4, -0.2) is 17.2 Å². The number of rotatable bonds is 3. The molecule has 0 heterocycles. The summed E-state index contributed by atoms with van der Waals surface area (Å²) in [5.41, 5.74) is -0.709. The summed E-state index contributed by atoms with van der Waals surface area (Å²) in [4.78, 5) is 10.8. The second kappa shape index (κ2) is 5.73. The quantitative estimate of drug-likeness (QED) is 0.922. The van der Waals surface area contributed by atoms with Gasteiger partial charge in [0, 0.05) is 0 Å². The van der Waals surface area contributed by atoms with Crippen molar-refractivity contribution in [3.63, 3.8) is 0 Å². The number of alkyl halides is 3. The molecule has 1 saturated carbocycles. The van der Waals surface area contributed by atoms with E-state index in [-0.39, 0.29) is 12.0 Å². The average molecular weight is 288 g/mol. The van der Waals surface area contributed by atoms with E-state index in [0.29, 0.717) is 31.4 Å². The first kappa shape index (κ1) is 14.7. The van der Waals surface area contributed by atoms with Crippen molar-refractivity contribution in [1.29, 1.82) is 0 Å². The fourth-order valence-electron chi connectivity index (χ4n) is 2.34. The summed E-state index contributed by atoms with van der Waals surface area (Å²) in [5, 5.41) is 8.87. The molecule has 1 fully saturated rings. The van der Waals surface area contributed by atoms with Crippen molar-refractivity contribution < 1.29 is 27.8 Å². The van der Waals surface area contributed by atoms with Gasteiger partial charge in [0.1, 0.15) is 5.75 Å². The van der Waals surface area contributed by atoms with Crippen molar-refractivity contribution in [1.82, 2.24) is 0 Å². The van der Waals surface area contributed by atoms with Gasteiger partial charge < -0.3 is 9.84 Å². The normalized spacial score (nSPS) is 23.4. The van der Waals surface area contributed by atoms with Gasteiger partial charge in [-0.2, -0.15) is 13.2 Å². The van der Waals surface area contributed by atoms with Gasteiger partial charge in [0.2, 0.25) is 0 Å². The topological polar surface area (TPSA) is 46.5 Å². The van der Waals surface area contributed by atoms with Crippen LogP contribution in [0.25, 0.3) is 0 Å². The molecular formula is C14H15F3O3. The van der Waals surface area contributed by atoms with Crippen LogP contribution in [-0.2, 0) is 11.0 Å². The van der Waals surface area contributed by atoms with E-state index in [9.17, 15) is 18.0 Å². The van der Waals surface area contributed by atoms with Crippen LogP contribution in [0, 0.1) is 5.92 Å². The Balaban J connectivity index is 1.90. The maximum Gasteiger partial charge on any atom is 0.416 e. The highest BCUT2D eigenvalue weighted by molar-refractivity contribution is 5.70. The summed E-state index contributed by atoms with van der Waals surface area (Å²) in [6, 6.07) is 4.56. The third-order valence-electron chi connectivity index (χ3n) is 3.51. The molecule has 1 aromatic rings. The Morgan fingerprint density at radius 1 is 1.10 bits per heavy atom. The Morgan fingerprint density at radius 3 is 2.10 bits per heavy atom. The molecule has 0 bridgehead atoms. The van der Waals surface area contributed by atoms with Crippen molar-refractivity contribution in [2.75, 3.05) is 0 Å². The molecule has 3 nitrogen and oxygen atoms in total. The number of carboxylic acids is 1. The van der Waals surface area contributed by atoms with Crippen LogP contribution in [0.4, 0.5) is 13.2 Å². The molecule has 0 saturated heterocycles. The number of aliphatic carboxylic acids is 1. The predicted molar refractivity (Wildman–Crippen MR) is 65.5 cm³/mol. The Bertz CT molecular complexity index is 460. The van der Waals surface area contributed by atoms with Crippen LogP contribution in [0.1, 0.15) is 31.2 Å². The first-order valence-electron chi connectivity index (χ1n) is 6.43. The summed E-state index contributed by atoms with van der Waals surface area (Å²) >= 11 is 0. The van der Waals surface area contributed by atoms with Crippen LogP contribution in [0.5, 0.6) is 5.75 Å². The summed E-state index contributed by atoms with van der Waals surface area (Å²) in [7, 11) is 0. The van der Waals surface area contributed by atoms with Gasteiger partial charge in [-0.1, -0.05) is 0 Å². The molecule has 6 heteroatoms. The summed E-state index contributed by atoms with van der Waals surface area (Å²) in [6.45, 7) is 0. The molecule has 0 aliphatic heterocycles. The Morgan fingerprint density at radius 2 is 1.65 bits per heavy atom. The van der Waals surface area contributed by atoms with Crippen molar-refractivity contribution in [2.45, 2.75) is 38.0 Å². The molecule has 0 unspecified atom stereocenters. The number of carbonyl (C=O) groups is 1. The molecule has 0 atom stereocenters. The SMILES string of the molecule is O=C(O)C1CCC(Oc2ccc(C(F)(F)F)cc2)CC1. The third kappa shape index (κ3) is 3.65. The Kier molecular flexibility index (Phi) is 4.20. The van der Waals surface area contributed by atoms with E-state index in [1.807, 2.05) is 0 Å². The molecule has 0 radical (unpaired) electrons. The highest BCUT2D eigenvalue weighted by Crippen LogP contribution is 2.32. The molecule has 1 aliphatic carbocycles. The van der Waals surface area contributed by atoms with Crippen molar-refractivity contribution in [2.24, 2.45) is 5.92 Å². The van der Waals surface area contributed by atoms with E-state index in [2.05, 4.69) is 0 Å². The maximum absolute atomic E-state index is 12.4. The first-order chi connectivity index (χ1) is 9.36. The Hall–Kier alpha value is -1.72. The lowest BCUT2D eigenvalue weighted by Crippen LogP contribution is -2.27. The molecule has 0 aromatic heterocycles. The zero-order valence-corrected chi connectivity index (χ0v) is 10.7. The van der Waals surface area contributed by atoms with Gasteiger partial charge in [-0.3, -0.25) is 4.79 Å². The van der Waals surface area contributed by atoms with Gasteiger partial charge in [0.05, 0.1) is 17.6 Å². The van der Waals surface area contributed by atoms with Gasteiger partial charge in [-0.25, -0.2) is 0 Å². The fourth-order valence-corrected chi connectivity index (χ4v) is 2.34. The number of benzene rings is 1. The number of hydrogen-bond donors (Lipinski definition) is 1. The minimum absolute atomic E-state index is 0.123.